The third-order valence-electron chi connectivity index (χ3n) is 2.52. The van der Waals surface area contributed by atoms with Crippen LogP contribution in [0.25, 0.3) is 0 Å². The average Bonchev–Trinajstić information content (AvgIpc) is 2.28. The van der Waals surface area contributed by atoms with Crippen molar-refractivity contribution in [3.8, 4) is 11.5 Å². The second-order valence-corrected chi connectivity index (χ2v) is 4.34. The monoisotopic (exact) mass is 288 g/mol. The molecule has 0 amide bonds. The van der Waals surface area contributed by atoms with E-state index >= 15 is 0 Å². The summed E-state index contributed by atoms with van der Waals surface area (Å²) >= 11 is 3.53. The Balaban J connectivity index is 3.18. The van der Waals surface area contributed by atoms with Gasteiger partial charge in [-0.2, -0.15) is 0 Å². The molecule has 1 N–H and O–H groups in total. The predicted octanol–water partition coefficient (Wildman–Crippen LogP) is 2.70. The van der Waals surface area contributed by atoms with Gasteiger partial charge in [-0.15, -0.1) is 0 Å². The first kappa shape index (κ1) is 13.3. The summed E-state index contributed by atoms with van der Waals surface area (Å²) in [5.74, 6) is 1.43. The standard InChI is InChI=1S/C12H17BrO3/c1-8-7-10(15-2)12(16-3)11(13)9(8)5-4-6-14/h7,14H,4-6H2,1-3H3. The van der Waals surface area contributed by atoms with E-state index in [2.05, 4.69) is 15.9 Å². The largest absolute Gasteiger partial charge is 0.493 e. The normalized spacial score (nSPS) is 10.3. The molecule has 1 aromatic rings. The van der Waals surface area contributed by atoms with Crippen molar-refractivity contribution in [3.05, 3.63) is 21.7 Å². The van der Waals surface area contributed by atoms with E-state index < -0.39 is 0 Å². The van der Waals surface area contributed by atoms with E-state index in [9.17, 15) is 0 Å². The van der Waals surface area contributed by atoms with Gasteiger partial charge in [0, 0.05) is 6.61 Å². The first-order valence-corrected chi connectivity index (χ1v) is 5.95. The lowest BCUT2D eigenvalue weighted by Crippen LogP contribution is -1.99. The molecule has 1 aromatic carbocycles. The molecule has 0 unspecified atom stereocenters. The summed E-state index contributed by atoms with van der Waals surface area (Å²) in [7, 11) is 3.24. The maximum Gasteiger partial charge on any atom is 0.175 e. The Morgan fingerprint density at radius 3 is 2.50 bits per heavy atom. The Morgan fingerprint density at radius 1 is 1.31 bits per heavy atom. The molecule has 16 heavy (non-hydrogen) atoms. The summed E-state index contributed by atoms with van der Waals surface area (Å²) in [6, 6.07) is 1.95. The van der Waals surface area contributed by atoms with Crippen molar-refractivity contribution in [2.24, 2.45) is 0 Å². The molecular formula is C12H17BrO3. The van der Waals surface area contributed by atoms with Crippen LogP contribution in [0.3, 0.4) is 0 Å². The maximum atomic E-state index is 8.87. The Hall–Kier alpha value is -0.740. The number of methoxy groups -OCH3 is 2. The molecule has 1 rings (SSSR count). The second-order valence-electron chi connectivity index (χ2n) is 3.55. The molecule has 0 saturated heterocycles. The minimum atomic E-state index is 0.195. The van der Waals surface area contributed by atoms with Crippen LogP contribution in [-0.4, -0.2) is 25.9 Å². The Labute approximate surface area is 105 Å². The van der Waals surface area contributed by atoms with Gasteiger partial charge in [-0.25, -0.2) is 0 Å². The van der Waals surface area contributed by atoms with E-state index in [-0.39, 0.29) is 6.61 Å². The van der Waals surface area contributed by atoms with Gasteiger partial charge in [0.2, 0.25) is 0 Å². The minimum absolute atomic E-state index is 0.195. The van der Waals surface area contributed by atoms with E-state index in [0.29, 0.717) is 5.75 Å². The summed E-state index contributed by atoms with van der Waals surface area (Å²) in [6.45, 7) is 2.22. The fourth-order valence-corrected chi connectivity index (χ4v) is 2.54. The Kier molecular flexibility index (Phi) is 5.09. The van der Waals surface area contributed by atoms with Gasteiger partial charge < -0.3 is 14.6 Å². The van der Waals surface area contributed by atoms with Gasteiger partial charge in [-0.05, 0) is 52.9 Å². The molecule has 0 bridgehead atoms. The molecule has 0 spiro atoms. The van der Waals surface area contributed by atoms with E-state index in [1.54, 1.807) is 14.2 Å². The number of halogens is 1. The number of ether oxygens (including phenoxy) is 2. The Morgan fingerprint density at radius 2 is 2.00 bits per heavy atom. The second kappa shape index (κ2) is 6.11. The molecular weight excluding hydrogens is 272 g/mol. The molecule has 3 nitrogen and oxygen atoms in total. The summed E-state index contributed by atoms with van der Waals surface area (Å²) in [5, 5.41) is 8.87. The third-order valence-corrected chi connectivity index (χ3v) is 3.36. The van der Waals surface area contributed by atoms with Crippen LogP contribution in [0.4, 0.5) is 0 Å². The number of hydrogen-bond acceptors (Lipinski definition) is 3. The fourth-order valence-electron chi connectivity index (χ4n) is 1.67. The molecule has 90 valence electrons. The molecule has 4 heteroatoms. The average molecular weight is 289 g/mol. The van der Waals surface area contributed by atoms with Crippen LogP contribution in [0.2, 0.25) is 0 Å². The molecule has 0 radical (unpaired) electrons. The predicted molar refractivity (Wildman–Crippen MR) is 67.4 cm³/mol. The molecule has 0 atom stereocenters. The van der Waals surface area contributed by atoms with Crippen LogP contribution in [0.5, 0.6) is 11.5 Å². The van der Waals surface area contributed by atoms with Crippen molar-refractivity contribution in [2.75, 3.05) is 20.8 Å². The van der Waals surface area contributed by atoms with Crippen molar-refractivity contribution in [1.82, 2.24) is 0 Å². The lowest BCUT2D eigenvalue weighted by atomic mass is 10.0. The number of aliphatic hydroxyl groups excluding tert-OH is 1. The SMILES string of the molecule is COc1cc(C)c(CCCO)c(Br)c1OC. The van der Waals surface area contributed by atoms with Crippen LogP contribution in [-0.2, 0) is 6.42 Å². The highest BCUT2D eigenvalue weighted by atomic mass is 79.9. The summed E-state index contributed by atoms with van der Waals surface area (Å²) in [6.07, 6.45) is 1.57. The first-order chi connectivity index (χ1) is 7.65. The van der Waals surface area contributed by atoms with Crippen molar-refractivity contribution in [1.29, 1.82) is 0 Å². The number of aryl methyl sites for hydroxylation is 1. The van der Waals surface area contributed by atoms with Crippen molar-refractivity contribution in [3.63, 3.8) is 0 Å². The third kappa shape index (κ3) is 2.68. The maximum absolute atomic E-state index is 8.87. The highest BCUT2D eigenvalue weighted by molar-refractivity contribution is 9.10. The van der Waals surface area contributed by atoms with Gasteiger partial charge in [0.25, 0.3) is 0 Å². The molecule has 0 heterocycles. The van der Waals surface area contributed by atoms with E-state index in [0.717, 1.165) is 34.2 Å². The molecule has 0 aliphatic rings. The van der Waals surface area contributed by atoms with Gasteiger partial charge in [-0.3, -0.25) is 0 Å². The highest BCUT2D eigenvalue weighted by Gasteiger charge is 2.15. The molecule has 0 aliphatic heterocycles. The first-order valence-electron chi connectivity index (χ1n) is 5.16. The molecule has 0 aromatic heterocycles. The number of rotatable bonds is 5. The minimum Gasteiger partial charge on any atom is -0.493 e. The summed E-state index contributed by atoms with van der Waals surface area (Å²) in [4.78, 5) is 0. The zero-order valence-corrected chi connectivity index (χ0v) is 11.4. The number of aliphatic hydroxyl groups is 1. The van der Waals surface area contributed by atoms with Gasteiger partial charge in [-0.1, -0.05) is 0 Å². The van der Waals surface area contributed by atoms with Crippen LogP contribution in [0.1, 0.15) is 17.5 Å². The summed E-state index contributed by atoms with van der Waals surface area (Å²) in [5.41, 5.74) is 2.30. The number of benzene rings is 1. The van der Waals surface area contributed by atoms with Crippen molar-refractivity contribution < 1.29 is 14.6 Å². The lowest BCUT2D eigenvalue weighted by Gasteiger charge is -2.15. The topological polar surface area (TPSA) is 38.7 Å². The van der Waals surface area contributed by atoms with E-state index in [4.69, 9.17) is 14.6 Å². The highest BCUT2D eigenvalue weighted by Crippen LogP contribution is 2.39. The van der Waals surface area contributed by atoms with E-state index in [1.165, 1.54) is 0 Å². The van der Waals surface area contributed by atoms with Gasteiger partial charge >= 0.3 is 0 Å². The van der Waals surface area contributed by atoms with Crippen molar-refractivity contribution >= 4 is 15.9 Å². The molecule has 0 aliphatic carbocycles. The van der Waals surface area contributed by atoms with Gasteiger partial charge in [0.15, 0.2) is 11.5 Å². The van der Waals surface area contributed by atoms with Crippen LogP contribution in [0, 0.1) is 6.92 Å². The fraction of sp³-hybridized carbons (Fsp3) is 0.500. The number of hydrogen-bond donors (Lipinski definition) is 1. The van der Waals surface area contributed by atoms with Crippen LogP contribution >= 0.6 is 15.9 Å². The van der Waals surface area contributed by atoms with Crippen LogP contribution < -0.4 is 9.47 Å². The summed E-state index contributed by atoms with van der Waals surface area (Å²) < 4.78 is 11.5. The van der Waals surface area contributed by atoms with Crippen molar-refractivity contribution in [2.45, 2.75) is 19.8 Å². The lowest BCUT2D eigenvalue weighted by molar-refractivity contribution is 0.288. The Bertz CT molecular complexity index is 364. The van der Waals surface area contributed by atoms with Gasteiger partial charge in [0.05, 0.1) is 18.7 Å². The molecule has 0 fully saturated rings. The van der Waals surface area contributed by atoms with E-state index in [1.807, 2.05) is 13.0 Å². The zero-order valence-electron chi connectivity index (χ0n) is 9.84. The van der Waals surface area contributed by atoms with Gasteiger partial charge in [0.1, 0.15) is 0 Å². The molecule has 0 saturated carbocycles. The quantitative estimate of drug-likeness (QED) is 0.905. The van der Waals surface area contributed by atoms with Crippen LogP contribution in [0.15, 0.2) is 10.5 Å². The smallest absolute Gasteiger partial charge is 0.175 e. The zero-order chi connectivity index (χ0) is 12.1.